The Morgan fingerprint density at radius 3 is 1.88 bits per heavy atom. The molecule has 0 aromatic carbocycles. The SMILES string of the molecule is CC(C)C1CCN(CC2CCC(OC3CC(C(C)C)C3)CC2)CC1. The summed E-state index contributed by atoms with van der Waals surface area (Å²) in [4.78, 5) is 2.75. The molecule has 0 N–H and O–H groups in total. The lowest BCUT2D eigenvalue weighted by Gasteiger charge is -2.42. The van der Waals surface area contributed by atoms with Crippen LogP contribution in [0.25, 0.3) is 0 Å². The topological polar surface area (TPSA) is 12.5 Å². The molecular formula is C22H41NO. The Labute approximate surface area is 150 Å². The Hall–Kier alpha value is -0.0800. The van der Waals surface area contributed by atoms with Crippen molar-refractivity contribution in [1.29, 1.82) is 0 Å². The summed E-state index contributed by atoms with van der Waals surface area (Å²) < 4.78 is 6.37. The van der Waals surface area contributed by atoms with Gasteiger partial charge >= 0.3 is 0 Å². The highest BCUT2D eigenvalue weighted by Crippen LogP contribution is 2.38. The molecule has 3 rings (SSSR count). The molecule has 0 amide bonds. The number of hydrogen-bond donors (Lipinski definition) is 0. The molecule has 2 aliphatic carbocycles. The van der Waals surface area contributed by atoms with E-state index < -0.39 is 0 Å². The second kappa shape index (κ2) is 8.54. The maximum absolute atomic E-state index is 6.37. The number of rotatable bonds is 6. The second-order valence-corrected chi connectivity index (χ2v) is 9.76. The largest absolute Gasteiger partial charge is 0.375 e. The maximum Gasteiger partial charge on any atom is 0.0584 e. The van der Waals surface area contributed by atoms with Crippen LogP contribution in [0.5, 0.6) is 0 Å². The first kappa shape index (κ1) is 18.7. The summed E-state index contributed by atoms with van der Waals surface area (Å²) in [5.41, 5.74) is 0. The van der Waals surface area contributed by atoms with E-state index in [-0.39, 0.29) is 0 Å². The van der Waals surface area contributed by atoms with E-state index in [9.17, 15) is 0 Å². The smallest absolute Gasteiger partial charge is 0.0584 e. The molecule has 140 valence electrons. The van der Waals surface area contributed by atoms with E-state index in [0.717, 1.165) is 29.6 Å². The highest BCUT2D eigenvalue weighted by molar-refractivity contribution is 4.85. The zero-order chi connectivity index (χ0) is 17.1. The molecule has 3 aliphatic rings. The molecule has 0 bridgehead atoms. The van der Waals surface area contributed by atoms with E-state index in [2.05, 4.69) is 32.6 Å². The van der Waals surface area contributed by atoms with Crippen molar-refractivity contribution < 1.29 is 4.74 Å². The van der Waals surface area contributed by atoms with E-state index in [0.29, 0.717) is 12.2 Å². The van der Waals surface area contributed by atoms with E-state index >= 15 is 0 Å². The van der Waals surface area contributed by atoms with Crippen LogP contribution in [-0.2, 0) is 4.74 Å². The second-order valence-electron chi connectivity index (χ2n) is 9.76. The first-order valence-corrected chi connectivity index (χ1v) is 10.9. The molecule has 0 radical (unpaired) electrons. The van der Waals surface area contributed by atoms with Gasteiger partial charge < -0.3 is 9.64 Å². The standard InChI is InChI=1S/C22H41NO/c1-16(2)19-9-11-23(12-10-19)15-18-5-7-21(8-6-18)24-22-13-20(14-22)17(3)4/h16-22H,5-15H2,1-4H3. The third-order valence-corrected chi connectivity index (χ3v) is 7.34. The van der Waals surface area contributed by atoms with Crippen molar-refractivity contribution in [2.75, 3.05) is 19.6 Å². The molecular weight excluding hydrogens is 294 g/mol. The Bertz CT molecular complexity index is 358. The normalized spacial score (nSPS) is 36.2. The van der Waals surface area contributed by atoms with E-state index in [4.69, 9.17) is 4.74 Å². The van der Waals surface area contributed by atoms with Crippen LogP contribution in [0.1, 0.15) is 79.1 Å². The van der Waals surface area contributed by atoms with E-state index in [1.165, 1.54) is 71.0 Å². The summed E-state index contributed by atoms with van der Waals surface area (Å²) in [7, 11) is 0. The monoisotopic (exact) mass is 335 g/mol. The number of nitrogens with zero attached hydrogens (tertiary/aromatic N) is 1. The Morgan fingerprint density at radius 1 is 0.750 bits per heavy atom. The highest BCUT2D eigenvalue weighted by Gasteiger charge is 2.34. The number of hydrogen-bond acceptors (Lipinski definition) is 2. The summed E-state index contributed by atoms with van der Waals surface area (Å²) in [6, 6.07) is 0. The first-order valence-electron chi connectivity index (χ1n) is 10.9. The maximum atomic E-state index is 6.37. The minimum Gasteiger partial charge on any atom is -0.375 e. The van der Waals surface area contributed by atoms with Gasteiger partial charge in [0, 0.05) is 6.54 Å². The molecule has 24 heavy (non-hydrogen) atoms. The summed E-state index contributed by atoms with van der Waals surface area (Å²) >= 11 is 0. The average Bonchev–Trinajstić information content (AvgIpc) is 2.52. The summed E-state index contributed by atoms with van der Waals surface area (Å²) in [5, 5.41) is 0. The molecule has 1 aliphatic heterocycles. The molecule has 0 spiro atoms. The quantitative estimate of drug-likeness (QED) is 0.647. The molecule has 2 saturated carbocycles. The van der Waals surface area contributed by atoms with Crippen LogP contribution in [0.4, 0.5) is 0 Å². The molecule has 3 fully saturated rings. The molecule has 1 heterocycles. The minimum atomic E-state index is 0.575. The van der Waals surface area contributed by atoms with Gasteiger partial charge in [0.25, 0.3) is 0 Å². The fraction of sp³-hybridized carbons (Fsp3) is 1.00. The summed E-state index contributed by atoms with van der Waals surface area (Å²) in [6.45, 7) is 13.6. The lowest BCUT2D eigenvalue weighted by Crippen LogP contribution is -2.41. The van der Waals surface area contributed by atoms with Crippen LogP contribution in [0.3, 0.4) is 0 Å². The average molecular weight is 336 g/mol. The molecule has 0 unspecified atom stereocenters. The molecule has 2 heteroatoms. The van der Waals surface area contributed by atoms with Crippen LogP contribution in [0, 0.1) is 29.6 Å². The van der Waals surface area contributed by atoms with Crippen LogP contribution < -0.4 is 0 Å². The fourth-order valence-electron chi connectivity index (χ4n) is 5.15. The van der Waals surface area contributed by atoms with Crippen LogP contribution >= 0.6 is 0 Å². The molecule has 0 aromatic rings. The Balaban J connectivity index is 1.29. The lowest BCUT2D eigenvalue weighted by atomic mass is 9.75. The number of piperidine rings is 1. The highest BCUT2D eigenvalue weighted by atomic mass is 16.5. The van der Waals surface area contributed by atoms with Crippen molar-refractivity contribution in [2.45, 2.75) is 91.3 Å². The number of ether oxygens (including phenoxy) is 1. The van der Waals surface area contributed by atoms with Crippen LogP contribution in [0.15, 0.2) is 0 Å². The van der Waals surface area contributed by atoms with E-state index in [1.807, 2.05) is 0 Å². The lowest BCUT2D eigenvalue weighted by molar-refractivity contribution is -0.0992. The third-order valence-electron chi connectivity index (χ3n) is 7.34. The van der Waals surface area contributed by atoms with Crippen molar-refractivity contribution in [3.63, 3.8) is 0 Å². The number of likely N-dealkylation sites (tertiary alicyclic amines) is 1. The van der Waals surface area contributed by atoms with Gasteiger partial charge in [-0.3, -0.25) is 0 Å². The molecule has 0 atom stereocenters. The molecule has 0 aromatic heterocycles. The fourth-order valence-corrected chi connectivity index (χ4v) is 5.15. The first-order chi connectivity index (χ1) is 11.5. The van der Waals surface area contributed by atoms with E-state index in [1.54, 1.807) is 0 Å². The van der Waals surface area contributed by atoms with Gasteiger partial charge in [0.05, 0.1) is 12.2 Å². The third kappa shape index (κ3) is 4.97. The molecule has 2 nitrogen and oxygen atoms in total. The summed E-state index contributed by atoms with van der Waals surface area (Å²) in [6.07, 6.45) is 12.1. The van der Waals surface area contributed by atoms with Gasteiger partial charge in [-0.1, -0.05) is 27.7 Å². The Kier molecular flexibility index (Phi) is 6.65. The Morgan fingerprint density at radius 2 is 1.33 bits per heavy atom. The van der Waals surface area contributed by atoms with Gasteiger partial charge in [0.2, 0.25) is 0 Å². The van der Waals surface area contributed by atoms with Gasteiger partial charge in [0.15, 0.2) is 0 Å². The van der Waals surface area contributed by atoms with Gasteiger partial charge in [-0.2, -0.15) is 0 Å². The van der Waals surface area contributed by atoms with Crippen molar-refractivity contribution in [3.8, 4) is 0 Å². The summed E-state index contributed by atoms with van der Waals surface area (Å²) in [5.74, 6) is 4.56. The van der Waals surface area contributed by atoms with Gasteiger partial charge in [-0.05, 0) is 94.0 Å². The van der Waals surface area contributed by atoms with Crippen LogP contribution in [0.2, 0.25) is 0 Å². The van der Waals surface area contributed by atoms with Crippen molar-refractivity contribution in [2.24, 2.45) is 29.6 Å². The predicted molar refractivity (Wildman–Crippen MR) is 102 cm³/mol. The van der Waals surface area contributed by atoms with Crippen molar-refractivity contribution in [3.05, 3.63) is 0 Å². The predicted octanol–water partition coefficient (Wildman–Crippen LogP) is 5.36. The van der Waals surface area contributed by atoms with Crippen molar-refractivity contribution >= 4 is 0 Å². The minimum absolute atomic E-state index is 0.575. The zero-order valence-electron chi connectivity index (χ0n) is 16.7. The van der Waals surface area contributed by atoms with Crippen molar-refractivity contribution in [1.82, 2.24) is 4.90 Å². The van der Waals surface area contributed by atoms with Gasteiger partial charge in [-0.15, -0.1) is 0 Å². The van der Waals surface area contributed by atoms with Crippen LogP contribution in [-0.4, -0.2) is 36.7 Å². The van der Waals surface area contributed by atoms with Gasteiger partial charge in [-0.25, -0.2) is 0 Å². The molecule has 1 saturated heterocycles. The zero-order valence-corrected chi connectivity index (χ0v) is 16.7. The van der Waals surface area contributed by atoms with Gasteiger partial charge in [0.1, 0.15) is 0 Å².